The van der Waals surface area contributed by atoms with Crippen molar-refractivity contribution in [2.45, 2.75) is 18.9 Å². The van der Waals surface area contributed by atoms with Crippen LogP contribution in [0.15, 0.2) is 12.7 Å². The minimum absolute atomic E-state index is 0.0840. The highest BCUT2D eigenvalue weighted by Gasteiger charge is 2.21. The predicted molar refractivity (Wildman–Crippen MR) is 57.2 cm³/mol. The normalized spacial score (nSPS) is 12.9. The third kappa shape index (κ3) is 7.99. The first-order chi connectivity index (χ1) is 7.24. The molecule has 0 fully saturated rings. The minimum atomic E-state index is -1.22. The highest BCUT2D eigenvalue weighted by molar-refractivity contribution is 5.72. The van der Waals surface area contributed by atoms with Crippen molar-refractivity contribution in [3.05, 3.63) is 12.7 Å². The van der Waals surface area contributed by atoms with E-state index in [1.54, 1.807) is 0 Å². The molecule has 5 nitrogen and oxygen atoms in total. The van der Waals surface area contributed by atoms with Gasteiger partial charge >= 0.3 is 5.97 Å². The van der Waals surface area contributed by atoms with E-state index in [2.05, 4.69) is 6.58 Å². The summed E-state index contributed by atoms with van der Waals surface area (Å²) in [6.07, 6.45) is 0.571. The van der Waals surface area contributed by atoms with E-state index in [1.165, 1.54) is 6.08 Å². The van der Waals surface area contributed by atoms with Gasteiger partial charge in [-0.3, -0.25) is 4.79 Å². The molecule has 0 rings (SSSR count). The molecule has 5 heteroatoms. The van der Waals surface area contributed by atoms with Crippen LogP contribution in [0.2, 0.25) is 0 Å². The Hall–Kier alpha value is -1.36. The first kappa shape index (κ1) is 14.6. The molecule has 1 atom stereocenters. The van der Waals surface area contributed by atoms with Gasteiger partial charge in [-0.2, -0.15) is 0 Å². The van der Waals surface area contributed by atoms with Crippen LogP contribution in [0.1, 0.15) is 12.8 Å². The molecular formula is C11H19NO4. The maximum atomic E-state index is 11.2. The molecule has 92 valence electrons. The van der Waals surface area contributed by atoms with E-state index in [4.69, 9.17) is 4.74 Å². The molecule has 0 aromatic heterocycles. The summed E-state index contributed by atoms with van der Waals surface area (Å²) in [6.45, 7) is 3.84. The van der Waals surface area contributed by atoms with Gasteiger partial charge in [0.15, 0.2) is 6.10 Å². The van der Waals surface area contributed by atoms with Crippen LogP contribution in [-0.4, -0.2) is 50.2 Å². The van der Waals surface area contributed by atoms with Crippen molar-refractivity contribution in [2.24, 2.45) is 0 Å². The van der Waals surface area contributed by atoms with Crippen LogP contribution in [-0.2, 0) is 14.3 Å². The average molecular weight is 229 g/mol. The molecule has 0 saturated heterocycles. The molecule has 0 amide bonds. The fourth-order valence-electron chi connectivity index (χ4n) is 1.29. The van der Waals surface area contributed by atoms with Crippen LogP contribution in [0.4, 0.5) is 0 Å². The fraction of sp³-hybridized carbons (Fsp3) is 0.636. The number of hydrogen-bond donors (Lipinski definition) is 0. The predicted octanol–water partition coefficient (Wildman–Crippen LogP) is -0.679. The van der Waals surface area contributed by atoms with Gasteiger partial charge in [-0.1, -0.05) is 6.08 Å². The summed E-state index contributed by atoms with van der Waals surface area (Å²) < 4.78 is 5.54. The number of carboxylic acids is 1. The van der Waals surface area contributed by atoms with Gasteiger partial charge in [0, 0.05) is 12.4 Å². The fourth-order valence-corrected chi connectivity index (χ4v) is 1.29. The Balaban J connectivity index is 4.36. The second-order valence-corrected chi connectivity index (χ2v) is 4.65. The number of nitrogens with zero attached hydrogens (tertiary/aromatic N) is 1. The Bertz CT molecular complexity index is 268. The molecular weight excluding hydrogens is 210 g/mol. The molecule has 0 heterocycles. The van der Waals surface area contributed by atoms with E-state index in [0.717, 1.165) is 0 Å². The Morgan fingerprint density at radius 3 is 2.38 bits per heavy atom. The van der Waals surface area contributed by atoms with Gasteiger partial charge in [-0.05, 0) is 0 Å². The zero-order valence-corrected chi connectivity index (χ0v) is 10.1. The Labute approximate surface area is 95.9 Å². The summed E-state index contributed by atoms with van der Waals surface area (Å²) in [6, 6.07) is 0. The van der Waals surface area contributed by atoms with Crippen molar-refractivity contribution in [3.63, 3.8) is 0 Å². The van der Waals surface area contributed by atoms with E-state index in [1.807, 2.05) is 21.1 Å². The number of carboxylic acid groups (broad SMARTS) is 1. The molecule has 0 aliphatic rings. The molecule has 0 aromatic carbocycles. The Kier molecular flexibility index (Phi) is 5.74. The monoisotopic (exact) mass is 229 g/mol. The van der Waals surface area contributed by atoms with Crippen LogP contribution in [0.5, 0.6) is 0 Å². The van der Waals surface area contributed by atoms with E-state index in [0.29, 0.717) is 11.0 Å². The topological polar surface area (TPSA) is 66.4 Å². The maximum absolute atomic E-state index is 11.2. The van der Waals surface area contributed by atoms with E-state index in [9.17, 15) is 14.7 Å². The molecule has 0 N–H and O–H groups in total. The van der Waals surface area contributed by atoms with Crippen molar-refractivity contribution >= 4 is 11.9 Å². The number of likely N-dealkylation sites (N-methyl/N-ethyl adjacent to an activating group) is 1. The molecule has 0 spiro atoms. The van der Waals surface area contributed by atoms with E-state index in [-0.39, 0.29) is 12.8 Å². The summed E-state index contributed by atoms with van der Waals surface area (Å²) >= 11 is 0. The number of rotatable bonds is 7. The van der Waals surface area contributed by atoms with Gasteiger partial charge in [0.25, 0.3) is 0 Å². The molecule has 0 saturated carbocycles. The first-order valence-corrected chi connectivity index (χ1v) is 5.05. The summed E-state index contributed by atoms with van der Waals surface area (Å²) in [5, 5.41) is 10.5. The minimum Gasteiger partial charge on any atom is -0.550 e. The molecule has 0 bridgehead atoms. The van der Waals surface area contributed by atoms with Crippen molar-refractivity contribution in [1.82, 2.24) is 0 Å². The van der Waals surface area contributed by atoms with Crippen LogP contribution < -0.4 is 5.11 Å². The van der Waals surface area contributed by atoms with Crippen LogP contribution in [0.3, 0.4) is 0 Å². The van der Waals surface area contributed by atoms with Crippen molar-refractivity contribution < 1.29 is 23.9 Å². The highest BCUT2D eigenvalue weighted by Crippen LogP contribution is 2.05. The quantitative estimate of drug-likeness (QED) is 0.329. The Morgan fingerprint density at radius 1 is 1.44 bits per heavy atom. The smallest absolute Gasteiger partial charge is 0.310 e. The molecule has 0 aromatic rings. The van der Waals surface area contributed by atoms with Crippen molar-refractivity contribution in [1.29, 1.82) is 0 Å². The highest BCUT2D eigenvalue weighted by atomic mass is 16.5. The summed E-state index contributed by atoms with van der Waals surface area (Å²) in [7, 11) is 5.68. The summed E-state index contributed by atoms with van der Waals surface area (Å²) in [4.78, 5) is 21.7. The lowest BCUT2D eigenvalue weighted by Gasteiger charge is -2.29. The average Bonchev–Trinajstić information content (AvgIpc) is 1.98. The number of esters is 1. The zero-order valence-electron chi connectivity index (χ0n) is 10.1. The van der Waals surface area contributed by atoms with Gasteiger partial charge in [-0.25, -0.2) is 0 Å². The van der Waals surface area contributed by atoms with Crippen molar-refractivity contribution in [2.75, 3.05) is 27.7 Å². The number of aliphatic carboxylic acids is 1. The number of hydrogen-bond acceptors (Lipinski definition) is 4. The van der Waals surface area contributed by atoms with Gasteiger partial charge in [0.1, 0.15) is 6.54 Å². The Morgan fingerprint density at radius 2 is 2.00 bits per heavy atom. The second kappa shape index (κ2) is 6.27. The SMILES string of the molecule is C=CCC(=O)OC(CC(=O)[O-])C[N+](C)(C)C. The number of carbonyl (C=O) groups excluding carboxylic acids is 2. The van der Waals surface area contributed by atoms with Gasteiger partial charge in [-0.15, -0.1) is 6.58 Å². The third-order valence-corrected chi connectivity index (χ3v) is 1.75. The van der Waals surface area contributed by atoms with Gasteiger partial charge < -0.3 is 19.1 Å². The molecule has 16 heavy (non-hydrogen) atoms. The molecule has 0 radical (unpaired) electrons. The first-order valence-electron chi connectivity index (χ1n) is 5.05. The van der Waals surface area contributed by atoms with Crippen LogP contribution in [0, 0.1) is 0 Å². The summed E-state index contributed by atoms with van der Waals surface area (Å²) in [5.74, 6) is -1.68. The third-order valence-electron chi connectivity index (χ3n) is 1.75. The molecule has 0 aliphatic heterocycles. The second-order valence-electron chi connectivity index (χ2n) is 4.65. The molecule has 0 aliphatic carbocycles. The summed E-state index contributed by atoms with van der Waals surface area (Å²) in [5.41, 5.74) is 0. The van der Waals surface area contributed by atoms with Crippen LogP contribution in [0.25, 0.3) is 0 Å². The molecule has 1 unspecified atom stereocenters. The maximum Gasteiger partial charge on any atom is 0.310 e. The lowest BCUT2D eigenvalue weighted by atomic mass is 10.2. The lowest BCUT2D eigenvalue weighted by molar-refractivity contribution is -0.873. The zero-order chi connectivity index (χ0) is 12.8. The van der Waals surface area contributed by atoms with Gasteiger partial charge in [0.2, 0.25) is 0 Å². The van der Waals surface area contributed by atoms with Crippen LogP contribution >= 0.6 is 0 Å². The van der Waals surface area contributed by atoms with E-state index >= 15 is 0 Å². The standard InChI is InChI=1S/C11H19NO4/c1-5-6-11(15)16-9(7-10(13)14)8-12(2,3)4/h5,9H,1,6-8H2,2-4H3. The van der Waals surface area contributed by atoms with Gasteiger partial charge in [0.05, 0.1) is 27.6 Å². The lowest BCUT2D eigenvalue weighted by Crippen LogP contribution is -2.45. The largest absolute Gasteiger partial charge is 0.550 e. The number of ether oxygens (including phenoxy) is 1. The number of carbonyl (C=O) groups is 2. The van der Waals surface area contributed by atoms with Crippen molar-refractivity contribution in [3.8, 4) is 0 Å². The van der Waals surface area contributed by atoms with E-state index < -0.39 is 18.0 Å². The number of quaternary nitrogens is 1.